The van der Waals surface area contributed by atoms with Gasteiger partial charge in [-0.1, -0.05) is 0 Å². The predicted octanol–water partition coefficient (Wildman–Crippen LogP) is -0.706. The van der Waals surface area contributed by atoms with Crippen molar-refractivity contribution in [1.82, 2.24) is 0 Å². The summed E-state index contributed by atoms with van der Waals surface area (Å²) in [4.78, 5) is 0. The Labute approximate surface area is 98.9 Å². The average Bonchev–Trinajstić information content (AvgIpc) is 2.19. The summed E-state index contributed by atoms with van der Waals surface area (Å²) >= 11 is 0. The largest absolute Gasteiger partial charge is 1.00 e. The van der Waals surface area contributed by atoms with Crippen molar-refractivity contribution < 1.29 is 28.3 Å². The quantitative estimate of drug-likeness (QED) is 0.246. The van der Waals surface area contributed by atoms with Crippen molar-refractivity contribution in [3.8, 4) is 5.92 Å². The van der Waals surface area contributed by atoms with Crippen LogP contribution in [0, 0.1) is 12.3 Å². The molecule has 1 atom stereocenters. The van der Waals surface area contributed by atoms with Gasteiger partial charge in [-0.15, -0.1) is 0 Å². The summed E-state index contributed by atoms with van der Waals surface area (Å²) < 4.78 is 10.9. The van der Waals surface area contributed by atoms with Gasteiger partial charge in [-0.3, -0.25) is 0 Å². The third-order valence-electron chi connectivity index (χ3n) is 2.14. The first-order chi connectivity index (χ1) is 6.43. The molecule has 0 N–H and O–H groups in total. The summed E-state index contributed by atoms with van der Waals surface area (Å²) in [7, 11) is 0. The molecule has 0 aliphatic carbocycles. The topological polar surface area (TPSA) is 18.5 Å². The molecular weight excluding hydrogens is 171 g/mol. The Hall–Kier alpha value is 0.0774. The molecule has 1 saturated heterocycles. The van der Waals surface area contributed by atoms with Crippen LogP contribution in [0.2, 0.25) is 0 Å². The smallest absolute Gasteiger partial charge is 0.694 e. The van der Waals surface area contributed by atoms with E-state index in [9.17, 15) is 0 Å². The minimum Gasteiger partial charge on any atom is -0.694 e. The fourth-order valence-corrected chi connectivity index (χ4v) is 1.37. The van der Waals surface area contributed by atoms with Gasteiger partial charge in [0.1, 0.15) is 0 Å². The van der Waals surface area contributed by atoms with E-state index in [0.29, 0.717) is 0 Å². The van der Waals surface area contributed by atoms with E-state index < -0.39 is 0 Å². The number of hydrogen-bond acceptors (Lipinski definition) is 2. The second-order valence-electron chi connectivity index (χ2n) is 3.30. The number of rotatable bonds is 5. The van der Waals surface area contributed by atoms with Gasteiger partial charge in [0.15, 0.2) is 6.29 Å². The van der Waals surface area contributed by atoms with E-state index in [1.54, 1.807) is 0 Å². The van der Waals surface area contributed by atoms with Crippen LogP contribution < -0.4 is 18.9 Å². The summed E-state index contributed by atoms with van der Waals surface area (Å²) in [5, 5.41) is 0. The zero-order valence-corrected chi connectivity index (χ0v) is 9.05. The third kappa shape index (κ3) is 6.52. The van der Waals surface area contributed by atoms with Crippen molar-refractivity contribution in [2.24, 2.45) is 0 Å². The molecule has 1 unspecified atom stereocenters. The zero-order valence-electron chi connectivity index (χ0n) is 9.05. The van der Waals surface area contributed by atoms with Crippen molar-refractivity contribution in [2.75, 3.05) is 13.2 Å². The Morgan fingerprint density at radius 2 is 2.21 bits per heavy atom. The predicted molar refractivity (Wildman–Crippen MR) is 50.5 cm³/mol. The van der Waals surface area contributed by atoms with Crippen LogP contribution in [0.4, 0.5) is 0 Å². The van der Waals surface area contributed by atoms with Crippen molar-refractivity contribution in [2.45, 2.75) is 44.8 Å². The van der Waals surface area contributed by atoms with Crippen molar-refractivity contribution in [1.29, 1.82) is 0 Å². The zero-order chi connectivity index (χ0) is 9.36. The van der Waals surface area contributed by atoms with E-state index in [1.165, 1.54) is 12.8 Å². The molecule has 0 aromatic rings. The van der Waals surface area contributed by atoms with Crippen LogP contribution in [0.15, 0.2) is 0 Å². The Morgan fingerprint density at radius 3 is 2.86 bits per heavy atom. The minimum atomic E-state index is 0. The number of unbranched alkanes of at least 4 members (excludes halogenated alkanes) is 2. The first-order valence-corrected chi connectivity index (χ1v) is 5.06. The van der Waals surface area contributed by atoms with E-state index in [0.717, 1.165) is 38.9 Å². The van der Waals surface area contributed by atoms with Crippen LogP contribution >= 0.6 is 0 Å². The molecule has 1 aliphatic heterocycles. The monoisotopic (exact) mass is 188 g/mol. The average molecular weight is 188 g/mol. The van der Waals surface area contributed by atoms with E-state index in [2.05, 4.69) is 5.92 Å². The van der Waals surface area contributed by atoms with Crippen LogP contribution in [-0.2, 0) is 9.47 Å². The maximum absolute atomic E-state index is 6.72. The van der Waals surface area contributed by atoms with E-state index in [1.807, 2.05) is 0 Å². The van der Waals surface area contributed by atoms with Crippen molar-refractivity contribution in [3.63, 3.8) is 0 Å². The van der Waals surface area contributed by atoms with Gasteiger partial charge in [0, 0.05) is 13.2 Å². The Balaban J connectivity index is 0.00000169. The second kappa shape index (κ2) is 9.63. The molecule has 0 aromatic heterocycles. The molecule has 1 heterocycles. The van der Waals surface area contributed by atoms with Gasteiger partial charge in [0.2, 0.25) is 0 Å². The molecule has 1 aliphatic rings. The van der Waals surface area contributed by atoms with E-state index in [-0.39, 0.29) is 25.2 Å². The van der Waals surface area contributed by atoms with Gasteiger partial charge in [-0.25, -0.2) is 0 Å². The van der Waals surface area contributed by atoms with Gasteiger partial charge in [-0.2, -0.15) is 0 Å². The van der Waals surface area contributed by atoms with Crippen LogP contribution in [0.3, 0.4) is 0 Å². The first kappa shape index (κ1) is 14.1. The summed E-state index contributed by atoms with van der Waals surface area (Å²) in [6.45, 7) is 1.60. The molecule has 0 aromatic carbocycles. The molecule has 0 spiro atoms. The van der Waals surface area contributed by atoms with Gasteiger partial charge in [0.05, 0.1) is 0 Å². The third-order valence-corrected chi connectivity index (χ3v) is 2.14. The van der Waals surface area contributed by atoms with E-state index >= 15 is 0 Å². The molecule has 1 fully saturated rings. The summed E-state index contributed by atoms with van der Waals surface area (Å²) in [5.74, 6) is 2.37. The number of hydrogen-bond donors (Lipinski definition) is 0. The van der Waals surface area contributed by atoms with E-state index in [4.69, 9.17) is 15.9 Å². The van der Waals surface area contributed by atoms with Crippen LogP contribution in [0.1, 0.15) is 38.5 Å². The summed E-state index contributed by atoms with van der Waals surface area (Å²) in [6.07, 6.45) is 12.9. The molecule has 1 rings (SSSR count). The molecule has 0 saturated carbocycles. The minimum absolute atomic E-state index is 0. The maximum atomic E-state index is 6.72. The molecular formula is C11H17LiO2. The standard InChI is InChI=1S/C11H17O2.Li/c1-2-3-4-6-9-12-11-8-5-7-10-13-11;/h11H,3-10H2;/q-1;+1. The molecule has 0 amide bonds. The molecule has 0 bridgehead atoms. The van der Waals surface area contributed by atoms with Gasteiger partial charge < -0.3 is 21.8 Å². The molecule has 74 valence electrons. The van der Waals surface area contributed by atoms with Crippen molar-refractivity contribution >= 4 is 0 Å². The first-order valence-electron chi connectivity index (χ1n) is 5.06. The SMILES string of the molecule is [C-]#CCCCCOC1CCCCO1.[Li+]. The molecule has 0 radical (unpaired) electrons. The van der Waals surface area contributed by atoms with Gasteiger partial charge >= 0.3 is 18.9 Å². The maximum Gasteiger partial charge on any atom is 1.00 e. The van der Waals surface area contributed by atoms with Gasteiger partial charge in [-0.05, 0) is 38.5 Å². The molecule has 14 heavy (non-hydrogen) atoms. The Morgan fingerprint density at radius 1 is 1.36 bits per heavy atom. The Kier molecular flexibility index (Phi) is 9.68. The number of ether oxygens (including phenoxy) is 2. The van der Waals surface area contributed by atoms with Crippen molar-refractivity contribution in [3.05, 3.63) is 6.42 Å². The normalized spacial score (nSPS) is 20.9. The fraction of sp³-hybridized carbons (Fsp3) is 0.818. The second-order valence-corrected chi connectivity index (χ2v) is 3.30. The Bertz CT molecular complexity index is 159. The summed E-state index contributed by atoms with van der Waals surface area (Å²) in [6, 6.07) is 0. The van der Waals surface area contributed by atoms with Crippen LogP contribution in [0.5, 0.6) is 0 Å². The molecule has 3 heteroatoms. The fourth-order valence-electron chi connectivity index (χ4n) is 1.37. The van der Waals surface area contributed by atoms with Gasteiger partial charge in [0.25, 0.3) is 0 Å². The summed E-state index contributed by atoms with van der Waals surface area (Å²) in [5.41, 5.74) is 0. The van der Waals surface area contributed by atoms with Crippen LogP contribution in [-0.4, -0.2) is 19.5 Å². The van der Waals surface area contributed by atoms with Crippen LogP contribution in [0.25, 0.3) is 0 Å². The molecule has 2 nitrogen and oxygen atoms in total.